The second-order valence-electron chi connectivity index (χ2n) is 5.30. The molecule has 0 aromatic heterocycles. The van der Waals surface area contributed by atoms with Crippen LogP contribution >= 0.6 is 15.9 Å². The van der Waals surface area contributed by atoms with Crippen LogP contribution in [0.15, 0.2) is 65.7 Å². The zero-order chi connectivity index (χ0) is 17.7. The number of ketones is 1. The van der Waals surface area contributed by atoms with Gasteiger partial charge in [0, 0.05) is 4.47 Å². The third-order valence-corrected chi connectivity index (χ3v) is 3.88. The van der Waals surface area contributed by atoms with E-state index in [1.165, 1.54) is 47.0 Å². The lowest BCUT2D eigenvalue weighted by atomic mass is 10.1. The zero-order valence-corrected chi connectivity index (χ0v) is 16.2. The topological polar surface area (TPSA) is 17.1 Å². The number of aryl methyl sites for hydroxylation is 3. The standard InChI is InChI=1S/C10H13Br.C7H8.C4H6O/c1-3-4-9-5-6-10(11)8(2)7-9;1-7-5-3-2-4-6-7;1-3-4(2)5/h5-7H,3-4H2,1-2H3;2-6H,1H3;3H,1H2,2H3. The summed E-state index contributed by atoms with van der Waals surface area (Å²) in [6.45, 7) is 11.1. The van der Waals surface area contributed by atoms with Gasteiger partial charge in [-0.3, -0.25) is 4.79 Å². The van der Waals surface area contributed by atoms with Crippen molar-refractivity contribution in [2.45, 2.75) is 40.5 Å². The Kier molecular flexibility index (Phi) is 11.9. The van der Waals surface area contributed by atoms with E-state index in [0.29, 0.717) is 0 Å². The Morgan fingerprint density at radius 1 is 1.13 bits per heavy atom. The smallest absolute Gasteiger partial charge is 0.152 e. The average molecular weight is 375 g/mol. The molecule has 0 N–H and O–H groups in total. The summed E-state index contributed by atoms with van der Waals surface area (Å²) in [7, 11) is 0. The van der Waals surface area contributed by atoms with Crippen molar-refractivity contribution in [1.82, 2.24) is 0 Å². The molecule has 0 aliphatic carbocycles. The van der Waals surface area contributed by atoms with Crippen LogP contribution < -0.4 is 0 Å². The maximum Gasteiger partial charge on any atom is 0.152 e. The number of hydrogen-bond acceptors (Lipinski definition) is 1. The van der Waals surface area contributed by atoms with E-state index in [0.717, 1.165) is 0 Å². The minimum Gasteiger partial charge on any atom is -0.295 e. The Labute approximate surface area is 149 Å². The highest BCUT2D eigenvalue weighted by Gasteiger charge is 1.95. The zero-order valence-electron chi connectivity index (χ0n) is 14.6. The molecule has 0 spiro atoms. The normalized spacial score (nSPS) is 8.91. The second kappa shape index (κ2) is 12.8. The van der Waals surface area contributed by atoms with E-state index in [4.69, 9.17) is 0 Å². The van der Waals surface area contributed by atoms with E-state index >= 15 is 0 Å². The molecule has 0 atom stereocenters. The third kappa shape index (κ3) is 11.5. The fourth-order valence-corrected chi connectivity index (χ4v) is 1.93. The molecule has 2 rings (SSSR count). The summed E-state index contributed by atoms with van der Waals surface area (Å²) in [5, 5.41) is 0. The average Bonchev–Trinajstić information content (AvgIpc) is 2.53. The van der Waals surface area contributed by atoms with Gasteiger partial charge in [-0.25, -0.2) is 0 Å². The molecule has 0 unspecified atom stereocenters. The van der Waals surface area contributed by atoms with E-state index in [9.17, 15) is 4.79 Å². The van der Waals surface area contributed by atoms with Crippen molar-refractivity contribution in [1.29, 1.82) is 0 Å². The van der Waals surface area contributed by atoms with Crippen LogP contribution in [-0.4, -0.2) is 5.78 Å². The molecule has 0 heterocycles. The summed E-state index contributed by atoms with van der Waals surface area (Å²) in [6, 6.07) is 16.8. The molecular weight excluding hydrogens is 348 g/mol. The van der Waals surface area contributed by atoms with Crippen LogP contribution in [0.3, 0.4) is 0 Å². The first-order chi connectivity index (χ1) is 10.9. The second-order valence-corrected chi connectivity index (χ2v) is 6.16. The van der Waals surface area contributed by atoms with Gasteiger partial charge in [0.05, 0.1) is 0 Å². The summed E-state index contributed by atoms with van der Waals surface area (Å²) < 4.78 is 1.21. The first-order valence-electron chi connectivity index (χ1n) is 7.80. The Balaban J connectivity index is 0.000000347. The van der Waals surface area contributed by atoms with Gasteiger partial charge < -0.3 is 0 Å². The molecule has 124 valence electrons. The fraction of sp³-hybridized carbons (Fsp3) is 0.286. The van der Waals surface area contributed by atoms with Gasteiger partial charge in [0.2, 0.25) is 0 Å². The van der Waals surface area contributed by atoms with Gasteiger partial charge >= 0.3 is 0 Å². The fourth-order valence-electron chi connectivity index (χ4n) is 1.69. The lowest BCUT2D eigenvalue weighted by Gasteiger charge is -2.01. The Morgan fingerprint density at radius 3 is 2.04 bits per heavy atom. The van der Waals surface area contributed by atoms with Gasteiger partial charge in [-0.2, -0.15) is 0 Å². The molecule has 1 nitrogen and oxygen atoms in total. The molecule has 0 saturated heterocycles. The number of hydrogen-bond donors (Lipinski definition) is 0. The monoisotopic (exact) mass is 374 g/mol. The minimum absolute atomic E-state index is 0.0185. The van der Waals surface area contributed by atoms with E-state index in [1.54, 1.807) is 0 Å². The Morgan fingerprint density at radius 2 is 1.70 bits per heavy atom. The highest BCUT2D eigenvalue weighted by atomic mass is 79.9. The maximum absolute atomic E-state index is 9.69. The quantitative estimate of drug-likeness (QED) is 0.562. The number of rotatable bonds is 3. The molecular formula is C21H27BrO. The van der Waals surface area contributed by atoms with Crippen molar-refractivity contribution in [3.05, 3.63) is 82.3 Å². The van der Waals surface area contributed by atoms with E-state index < -0.39 is 0 Å². The van der Waals surface area contributed by atoms with Gasteiger partial charge in [-0.1, -0.05) is 83.9 Å². The summed E-state index contributed by atoms with van der Waals surface area (Å²) in [5.41, 5.74) is 4.09. The third-order valence-electron chi connectivity index (χ3n) is 2.99. The van der Waals surface area contributed by atoms with Gasteiger partial charge in [0.15, 0.2) is 5.78 Å². The van der Waals surface area contributed by atoms with Gasteiger partial charge in [0.1, 0.15) is 0 Å². The lowest BCUT2D eigenvalue weighted by Crippen LogP contribution is -1.84. The number of benzene rings is 2. The van der Waals surface area contributed by atoms with Crippen LogP contribution in [0.1, 0.15) is 37.0 Å². The van der Waals surface area contributed by atoms with Crippen LogP contribution in [0, 0.1) is 13.8 Å². The van der Waals surface area contributed by atoms with Crippen LogP contribution in [0.4, 0.5) is 0 Å². The molecule has 2 aromatic rings. The predicted molar refractivity (Wildman–Crippen MR) is 105 cm³/mol. The van der Waals surface area contributed by atoms with E-state index in [-0.39, 0.29) is 5.78 Å². The van der Waals surface area contributed by atoms with Crippen molar-refractivity contribution in [2.75, 3.05) is 0 Å². The molecule has 0 radical (unpaired) electrons. The highest BCUT2D eigenvalue weighted by Crippen LogP contribution is 2.17. The molecule has 2 heteroatoms. The van der Waals surface area contributed by atoms with Crippen molar-refractivity contribution in [2.24, 2.45) is 0 Å². The largest absolute Gasteiger partial charge is 0.295 e. The van der Waals surface area contributed by atoms with Crippen LogP contribution in [0.5, 0.6) is 0 Å². The van der Waals surface area contributed by atoms with E-state index in [2.05, 4.69) is 73.6 Å². The van der Waals surface area contributed by atoms with Gasteiger partial charge in [-0.15, -0.1) is 0 Å². The number of allylic oxidation sites excluding steroid dienone is 1. The molecule has 23 heavy (non-hydrogen) atoms. The van der Waals surface area contributed by atoms with Gasteiger partial charge in [-0.05, 0) is 50.5 Å². The van der Waals surface area contributed by atoms with Crippen LogP contribution in [-0.2, 0) is 11.2 Å². The van der Waals surface area contributed by atoms with Crippen molar-refractivity contribution >= 4 is 21.7 Å². The van der Waals surface area contributed by atoms with E-state index in [1.807, 2.05) is 18.2 Å². The summed E-state index contributed by atoms with van der Waals surface area (Å²) in [6.07, 6.45) is 3.69. The first-order valence-corrected chi connectivity index (χ1v) is 8.59. The Hall–Kier alpha value is -1.67. The molecule has 0 amide bonds. The molecule has 2 aromatic carbocycles. The minimum atomic E-state index is 0.0185. The van der Waals surface area contributed by atoms with Crippen molar-refractivity contribution in [3.8, 4) is 0 Å². The molecule has 0 fully saturated rings. The first kappa shape index (κ1) is 21.3. The lowest BCUT2D eigenvalue weighted by molar-refractivity contribution is -0.112. The number of carbonyl (C=O) groups excluding carboxylic acids is 1. The SMILES string of the molecule is C=CC(C)=O.CCCc1ccc(Br)c(C)c1.Cc1ccccc1. The predicted octanol–water partition coefficient (Wildman–Crippen LogP) is 6.47. The summed E-state index contributed by atoms with van der Waals surface area (Å²) in [5.74, 6) is 0.0185. The molecule has 0 saturated carbocycles. The Bertz CT molecular complexity index is 588. The number of carbonyl (C=O) groups is 1. The van der Waals surface area contributed by atoms with Crippen molar-refractivity contribution < 1.29 is 4.79 Å². The highest BCUT2D eigenvalue weighted by molar-refractivity contribution is 9.10. The van der Waals surface area contributed by atoms with Crippen LogP contribution in [0.25, 0.3) is 0 Å². The van der Waals surface area contributed by atoms with Crippen LogP contribution in [0.2, 0.25) is 0 Å². The molecule has 0 aliphatic heterocycles. The number of halogens is 1. The molecule has 0 bridgehead atoms. The van der Waals surface area contributed by atoms with Gasteiger partial charge in [0.25, 0.3) is 0 Å². The van der Waals surface area contributed by atoms with Crippen molar-refractivity contribution in [3.63, 3.8) is 0 Å². The maximum atomic E-state index is 9.69. The summed E-state index contributed by atoms with van der Waals surface area (Å²) >= 11 is 3.48. The summed E-state index contributed by atoms with van der Waals surface area (Å²) in [4.78, 5) is 9.69. The molecule has 0 aliphatic rings.